The van der Waals surface area contributed by atoms with Gasteiger partial charge in [-0.1, -0.05) is 36.8 Å². The first-order chi connectivity index (χ1) is 14.2. The molecule has 6 heteroatoms. The standard InChI is InChI=1S/C25H36O6/c1-17(2)16-21(26)30-19-11-15-24(5,13-7-12-23(3,4)29)14-10-18(22(27)28)8-9-20-25(19,6)31-20/h7,10-12,15-16,19-20,29H,8-9,13-14H2,1-6H3,(H,27,28)/b12-7+,15-11-,18-10+/t19-,20+,24+,25+/m1/s1. The number of esters is 1. The van der Waals surface area contributed by atoms with Crippen LogP contribution in [0.4, 0.5) is 0 Å². The molecule has 1 fully saturated rings. The van der Waals surface area contributed by atoms with E-state index in [1.165, 1.54) is 6.08 Å². The van der Waals surface area contributed by atoms with Crippen molar-refractivity contribution in [2.45, 2.75) is 90.6 Å². The molecule has 172 valence electrons. The second kappa shape index (κ2) is 9.53. The molecule has 1 aliphatic heterocycles. The number of hydrogen-bond acceptors (Lipinski definition) is 5. The van der Waals surface area contributed by atoms with E-state index in [9.17, 15) is 19.8 Å². The summed E-state index contributed by atoms with van der Waals surface area (Å²) >= 11 is 0. The van der Waals surface area contributed by atoms with E-state index in [-0.39, 0.29) is 6.10 Å². The molecule has 0 saturated carbocycles. The zero-order valence-corrected chi connectivity index (χ0v) is 19.5. The van der Waals surface area contributed by atoms with Gasteiger partial charge in [0.2, 0.25) is 0 Å². The quantitative estimate of drug-likeness (QED) is 0.278. The second-order valence-corrected chi connectivity index (χ2v) is 9.92. The van der Waals surface area contributed by atoms with E-state index in [0.717, 1.165) is 5.57 Å². The average Bonchev–Trinajstić information content (AvgIpc) is 3.27. The van der Waals surface area contributed by atoms with Crippen LogP contribution in [0.2, 0.25) is 0 Å². The molecule has 0 amide bonds. The maximum atomic E-state index is 12.3. The number of aliphatic carboxylic acids is 1. The first-order valence-corrected chi connectivity index (χ1v) is 10.8. The van der Waals surface area contributed by atoms with Crippen molar-refractivity contribution in [1.29, 1.82) is 0 Å². The summed E-state index contributed by atoms with van der Waals surface area (Å²) in [4.78, 5) is 24.0. The predicted octanol–water partition coefficient (Wildman–Crippen LogP) is 4.50. The molecule has 1 heterocycles. The first kappa shape index (κ1) is 25.1. The summed E-state index contributed by atoms with van der Waals surface area (Å²) in [5, 5.41) is 19.6. The van der Waals surface area contributed by atoms with Gasteiger partial charge in [-0.3, -0.25) is 0 Å². The minimum atomic E-state index is -0.930. The lowest BCUT2D eigenvalue weighted by Gasteiger charge is -2.26. The molecule has 1 saturated heterocycles. The van der Waals surface area contributed by atoms with Crippen LogP contribution < -0.4 is 0 Å². The van der Waals surface area contributed by atoms with Gasteiger partial charge in [0, 0.05) is 11.6 Å². The zero-order valence-electron chi connectivity index (χ0n) is 19.5. The van der Waals surface area contributed by atoms with Gasteiger partial charge >= 0.3 is 11.9 Å². The highest BCUT2D eigenvalue weighted by Gasteiger charge is 2.58. The van der Waals surface area contributed by atoms with Crippen LogP contribution in [0.1, 0.15) is 67.2 Å². The Hall–Kier alpha value is -2.18. The van der Waals surface area contributed by atoms with Crippen molar-refractivity contribution < 1.29 is 29.3 Å². The van der Waals surface area contributed by atoms with Gasteiger partial charge in [0.15, 0.2) is 6.10 Å². The number of rotatable bonds is 6. The van der Waals surface area contributed by atoms with Crippen LogP contribution in [0.5, 0.6) is 0 Å². The molecule has 0 spiro atoms. The number of carbonyl (C=O) groups excluding carboxylic acids is 1. The summed E-state index contributed by atoms with van der Waals surface area (Å²) in [6.45, 7) is 11.0. The van der Waals surface area contributed by atoms with Gasteiger partial charge in [-0.05, 0) is 71.8 Å². The lowest BCUT2D eigenvalue weighted by molar-refractivity contribution is -0.143. The smallest absolute Gasteiger partial charge is 0.331 e. The molecule has 2 aliphatic rings. The van der Waals surface area contributed by atoms with Crippen molar-refractivity contribution >= 4 is 11.9 Å². The SMILES string of the molecule is CC(C)=CC(=O)O[C@@H]1/C=C\[C@@](C)(C/C=C/C(C)(C)O)C/C=C(/C(=O)O)CC[C@@H]2O[C@]21C. The Kier molecular flexibility index (Phi) is 7.71. The maximum Gasteiger partial charge on any atom is 0.331 e. The molecule has 0 aromatic heterocycles. The van der Waals surface area contributed by atoms with Crippen LogP contribution >= 0.6 is 0 Å². The van der Waals surface area contributed by atoms with E-state index in [1.807, 2.05) is 45.9 Å². The van der Waals surface area contributed by atoms with Crippen LogP contribution in [-0.2, 0) is 19.1 Å². The number of fused-ring (bicyclic) bond motifs is 1. The lowest BCUT2D eigenvalue weighted by atomic mass is 9.81. The molecular weight excluding hydrogens is 396 g/mol. The van der Waals surface area contributed by atoms with Crippen LogP contribution in [0.15, 0.2) is 47.6 Å². The van der Waals surface area contributed by atoms with Gasteiger partial charge in [0.1, 0.15) is 5.60 Å². The van der Waals surface area contributed by atoms with Gasteiger partial charge in [0.25, 0.3) is 0 Å². The molecule has 2 N–H and O–H groups in total. The molecule has 0 radical (unpaired) electrons. The highest BCUT2D eigenvalue weighted by Crippen LogP contribution is 2.45. The Labute approximate surface area is 185 Å². The number of carbonyl (C=O) groups is 2. The van der Waals surface area contributed by atoms with Crippen LogP contribution in [0.3, 0.4) is 0 Å². The summed E-state index contributed by atoms with van der Waals surface area (Å²) < 4.78 is 11.6. The van der Waals surface area contributed by atoms with Crippen molar-refractivity contribution in [1.82, 2.24) is 0 Å². The molecular formula is C25H36O6. The number of hydrogen-bond donors (Lipinski definition) is 2. The van der Waals surface area contributed by atoms with Crippen molar-refractivity contribution in [2.75, 3.05) is 0 Å². The summed E-state index contributed by atoms with van der Waals surface area (Å²) in [5.74, 6) is -1.35. The molecule has 31 heavy (non-hydrogen) atoms. The van der Waals surface area contributed by atoms with E-state index in [1.54, 1.807) is 26.0 Å². The average molecular weight is 433 g/mol. The van der Waals surface area contributed by atoms with Crippen molar-refractivity contribution in [3.05, 3.63) is 47.6 Å². The number of carboxylic acids is 1. The summed E-state index contributed by atoms with van der Waals surface area (Å²) in [5.41, 5.74) is -0.820. The van der Waals surface area contributed by atoms with E-state index in [0.29, 0.717) is 31.3 Å². The highest BCUT2D eigenvalue weighted by atomic mass is 16.6. The Balaban J connectivity index is 2.37. The van der Waals surface area contributed by atoms with Crippen molar-refractivity contribution in [3.63, 3.8) is 0 Å². The molecule has 2 rings (SSSR count). The Morgan fingerprint density at radius 1 is 1.32 bits per heavy atom. The Morgan fingerprint density at radius 3 is 2.58 bits per heavy atom. The topological polar surface area (TPSA) is 96.4 Å². The van der Waals surface area contributed by atoms with E-state index >= 15 is 0 Å². The molecule has 0 aromatic rings. The number of aliphatic hydroxyl groups is 1. The molecule has 6 nitrogen and oxygen atoms in total. The Morgan fingerprint density at radius 2 is 2.00 bits per heavy atom. The van der Waals surface area contributed by atoms with Gasteiger partial charge < -0.3 is 19.7 Å². The number of carboxylic acid groups (broad SMARTS) is 1. The molecule has 0 aromatic carbocycles. The van der Waals surface area contributed by atoms with Crippen LogP contribution in [-0.4, -0.2) is 45.6 Å². The first-order valence-electron chi connectivity index (χ1n) is 10.8. The highest BCUT2D eigenvalue weighted by molar-refractivity contribution is 5.86. The minimum absolute atomic E-state index is 0.177. The molecule has 0 bridgehead atoms. The summed E-state index contributed by atoms with van der Waals surface area (Å²) in [7, 11) is 0. The minimum Gasteiger partial charge on any atom is -0.478 e. The van der Waals surface area contributed by atoms with E-state index in [4.69, 9.17) is 9.47 Å². The summed E-state index contributed by atoms with van der Waals surface area (Å²) in [6.07, 6.45) is 12.0. The fraction of sp³-hybridized carbons (Fsp3) is 0.600. The van der Waals surface area contributed by atoms with Crippen LogP contribution in [0, 0.1) is 5.41 Å². The molecule has 1 aliphatic carbocycles. The van der Waals surface area contributed by atoms with Crippen molar-refractivity contribution in [3.8, 4) is 0 Å². The fourth-order valence-electron chi connectivity index (χ4n) is 3.71. The van der Waals surface area contributed by atoms with Gasteiger partial charge in [0.05, 0.1) is 11.7 Å². The maximum absolute atomic E-state index is 12.3. The second-order valence-electron chi connectivity index (χ2n) is 9.92. The number of ether oxygens (including phenoxy) is 2. The van der Waals surface area contributed by atoms with Gasteiger partial charge in [-0.2, -0.15) is 0 Å². The third kappa shape index (κ3) is 7.47. The predicted molar refractivity (Wildman–Crippen MR) is 119 cm³/mol. The number of allylic oxidation sites excluding steroid dienone is 4. The lowest BCUT2D eigenvalue weighted by Crippen LogP contribution is -2.32. The van der Waals surface area contributed by atoms with E-state index in [2.05, 4.69) is 0 Å². The van der Waals surface area contributed by atoms with Gasteiger partial charge in [-0.25, -0.2) is 9.59 Å². The Bertz CT molecular complexity index is 808. The van der Waals surface area contributed by atoms with Gasteiger partial charge in [-0.15, -0.1) is 0 Å². The van der Waals surface area contributed by atoms with E-state index < -0.39 is 34.7 Å². The molecule has 4 atom stereocenters. The monoisotopic (exact) mass is 432 g/mol. The summed E-state index contributed by atoms with van der Waals surface area (Å²) in [6, 6.07) is 0. The van der Waals surface area contributed by atoms with Crippen molar-refractivity contribution in [2.24, 2.45) is 5.41 Å². The molecule has 0 unspecified atom stereocenters. The third-order valence-corrected chi connectivity index (χ3v) is 5.74. The third-order valence-electron chi connectivity index (χ3n) is 5.74. The zero-order chi connectivity index (χ0) is 23.4. The fourth-order valence-corrected chi connectivity index (χ4v) is 3.71. The largest absolute Gasteiger partial charge is 0.478 e. The normalized spacial score (nSPS) is 34.0. The van der Waals surface area contributed by atoms with Crippen LogP contribution in [0.25, 0.3) is 0 Å². The number of epoxide rings is 1.